The van der Waals surface area contributed by atoms with Crippen LogP contribution in [0.15, 0.2) is 60.8 Å². The van der Waals surface area contributed by atoms with E-state index < -0.39 is 0 Å². The van der Waals surface area contributed by atoms with Gasteiger partial charge in [0.15, 0.2) is 0 Å². The maximum absolute atomic E-state index is 4.38. The number of nitrogens with one attached hydrogen (secondary N) is 1. The van der Waals surface area contributed by atoms with Crippen molar-refractivity contribution in [1.29, 1.82) is 0 Å². The standard InChI is InChI=1S/C18H19N3/c1-21(2)15-10-8-14(9-11-15)13-20-18-7-3-6-17-16(18)5-4-12-19-17/h3-12,20H,13H2,1-2H3. The predicted molar refractivity (Wildman–Crippen MR) is 89.8 cm³/mol. The molecule has 3 aromatic rings. The van der Waals surface area contributed by atoms with Crippen LogP contribution in [0, 0.1) is 0 Å². The summed E-state index contributed by atoms with van der Waals surface area (Å²) >= 11 is 0. The summed E-state index contributed by atoms with van der Waals surface area (Å²) in [5.74, 6) is 0. The Hall–Kier alpha value is -2.55. The van der Waals surface area contributed by atoms with Crippen LogP contribution in [0.25, 0.3) is 10.9 Å². The van der Waals surface area contributed by atoms with Gasteiger partial charge in [0.1, 0.15) is 0 Å². The third-order valence-corrected chi connectivity index (χ3v) is 3.58. The average Bonchev–Trinajstić information content (AvgIpc) is 2.53. The van der Waals surface area contributed by atoms with Gasteiger partial charge in [-0.05, 0) is 42.0 Å². The fraction of sp³-hybridized carbons (Fsp3) is 0.167. The number of hydrogen-bond donors (Lipinski definition) is 1. The Morgan fingerprint density at radius 3 is 2.52 bits per heavy atom. The number of hydrogen-bond acceptors (Lipinski definition) is 3. The Balaban J connectivity index is 1.77. The molecule has 0 amide bonds. The molecular weight excluding hydrogens is 258 g/mol. The predicted octanol–water partition coefficient (Wildman–Crippen LogP) is 3.91. The number of rotatable bonds is 4. The molecule has 0 fully saturated rings. The number of fused-ring (bicyclic) bond motifs is 1. The molecule has 0 aliphatic heterocycles. The quantitative estimate of drug-likeness (QED) is 0.783. The summed E-state index contributed by atoms with van der Waals surface area (Å²) < 4.78 is 0. The molecule has 0 atom stereocenters. The molecule has 106 valence electrons. The van der Waals surface area contributed by atoms with Crippen molar-refractivity contribution in [2.24, 2.45) is 0 Å². The van der Waals surface area contributed by atoms with E-state index in [1.807, 2.05) is 24.4 Å². The van der Waals surface area contributed by atoms with Crippen molar-refractivity contribution in [3.8, 4) is 0 Å². The Bertz CT molecular complexity index is 728. The van der Waals surface area contributed by atoms with Gasteiger partial charge in [0.25, 0.3) is 0 Å². The third kappa shape index (κ3) is 2.97. The Morgan fingerprint density at radius 2 is 1.76 bits per heavy atom. The summed E-state index contributed by atoms with van der Waals surface area (Å²) in [5, 5.41) is 4.66. The lowest BCUT2D eigenvalue weighted by molar-refractivity contribution is 1.11. The SMILES string of the molecule is CN(C)c1ccc(CNc2cccc3ncccc23)cc1. The van der Waals surface area contributed by atoms with Crippen LogP contribution in [-0.2, 0) is 6.54 Å². The third-order valence-electron chi connectivity index (χ3n) is 3.58. The molecule has 1 heterocycles. The molecule has 3 rings (SSSR count). The molecule has 2 aromatic carbocycles. The molecule has 21 heavy (non-hydrogen) atoms. The highest BCUT2D eigenvalue weighted by Gasteiger charge is 2.01. The molecule has 1 aromatic heterocycles. The van der Waals surface area contributed by atoms with E-state index in [-0.39, 0.29) is 0 Å². The van der Waals surface area contributed by atoms with Crippen molar-refractivity contribution < 1.29 is 0 Å². The fourth-order valence-corrected chi connectivity index (χ4v) is 2.37. The van der Waals surface area contributed by atoms with E-state index in [1.165, 1.54) is 11.3 Å². The molecule has 0 aliphatic carbocycles. The van der Waals surface area contributed by atoms with Crippen molar-refractivity contribution in [2.75, 3.05) is 24.3 Å². The van der Waals surface area contributed by atoms with Crippen molar-refractivity contribution in [1.82, 2.24) is 4.98 Å². The van der Waals surface area contributed by atoms with E-state index >= 15 is 0 Å². The van der Waals surface area contributed by atoms with Crippen LogP contribution in [-0.4, -0.2) is 19.1 Å². The first kappa shape index (κ1) is 13.4. The van der Waals surface area contributed by atoms with Gasteiger partial charge in [-0.2, -0.15) is 0 Å². The molecule has 0 radical (unpaired) electrons. The normalized spacial score (nSPS) is 10.6. The van der Waals surface area contributed by atoms with Gasteiger partial charge < -0.3 is 10.2 Å². The van der Waals surface area contributed by atoms with Crippen LogP contribution in [0.3, 0.4) is 0 Å². The zero-order valence-corrected chi connectivity index (χ0v) is 12.4. The highest BCUT2D eigenvalue weighted by molar-refractivity contribution is 5.91. The summed E-state index contributed by atoms with van der Waals surface area (Å²) in [6, 6.07) is 18.8. The number of benzene rings is 2. The molecule has 3 nitrogen and oxygen atoms in total. The molecule has 0 saturated carbocycles. The van der Waals surface area contributed by atoms with E-state index in [4.69, 9.17) is 0 Å². The van der Waals surface area contributed by atoms with Crippen LogP contribution in [0.5, 0.6) is 0 Å². The number of aromatic nitrogens is 1. The summed E-state index contributed by atoms with van der Waals surface area (Å²) in [6.07, 6.45) is 1.83. The first-order valence-corrected chi connectivity index (χ1v) is 7.08. The minimum atomic E-state index is 0.807. The number of anilines is 2. The van der Waals surface area contributed by atoms with Crippen LogP contribution < -0.4 is 10.2 Å². The van der Waals surface area contributed by atoms with Gasteiger partial charge in [0, 0.05) is 43.6 Å². The van der Waals surface area contributed by atoms with Gasteiger partial charge in [0.2, 0.25) is 0 Å². The Labute approximate surface area is 125 Å². The minimum Gasteiger partial charge on any atom is -0.380 e. The topological polar surface area (TPSA) is 28.2 Å². The first-order valence-electron chi connectivity index (χ1n) is 7.08. The van der Waals surface area contributed by atoms with Gasteiger partial charge in [0.05, 0.1) is 5.52 Å². The monoisotopic (exact) mass is 277 g/mol. The highest BCUT2D eigenvalue weighted by atomic mass is 15.1. The van der Waals surface area contributed by atoms with Crippen molar-refractivity contribution in [3.05, 3.63) is 66.4 Å². The fourth-order valence-electron chi connectivity index (χ4n) is 2.37. The van der Waals surface area contributed by atoms with Gasteiger partial charge in [-0.3, -0.25) is 4.98 Å². The average molecular weight is 277 g/mol. The number of nitrogens with zero attached hydrogens (tertiary/aromatic N) is 2. The molecule has 0 aliphatic rings. The lowest BCUT2D eigenvalue weighted by atomic mass is 10.1. The van der Waals surface area contributed by atoms with Crippen molar-refractivity contribution in [2.45, 2.75) is 6.54 Å². The molecule has 0 unspecified atom stereocenters. The van der Waals surface area contributed by atoms with E-state index in [0.29, 0.717) is 0 Å². The van der Waals surface area contributed by atoms with Crippen LogP contribution >= 0.6 is 0 Å². The van der Waals surface area contributed by atoms with Gasteiger partial charge in [-0.25, -0.2) is 0 Å². The zero-order valence-electron chi connectivity index (χ0n) is 12.4. The van der Waals surface area contributed by atoms with Gasteiger partial charge in [-0.15, -0.1) is 0 Å². The largest absolute Gasteiger partial charge is 0.380 e. The van der Waals surface area contributed by atoms with Gasteiger partial charge in [-0.1, -0.05) is 18.2 Å². The Kier molecular flexibility index (Phi) is 3.73. The molecule has 3 heteroatoms. The second kappa shape index (κ2) is 5.83. The molecule has 0 spiro atoms. The van der Waals surface area contributed by atoms with E-state index in [2.05, 4.69) is 65.7 Å². The maximum atomic E-state index is 4.38. The molecule has 0 saturated heterocycles. The summed E-state index contributed by atoms with van der Waals surface area (Å²) in [7, 11) is 4.10. The molecular formula is C18H19N3. The lowest BCUT2D eigenvalue weighted by Gasteiger charge is -2.13. The molecule has 0 bridgehead atoms. The van der Waals surface area contributed by atoms with Crippen molar-refractivity contribution >= 4 is 22.3 Å². The summed E-state index contributed by atoms with van der Waals surface area (Å²) in [5.41, 5.74) is 4.62. The minimum absolute atomic E-state index is 0.807. The first-order chi connectivity index (χ1) is 10.2. The summed E-state index contributed by atoms with van der Waals surface area (Å²) in [6.45, 7) is 0.807. The molecule has 1 N–H and O–H groups in total. The van der Waals surface area contributed by atoms with Crippen molar-refractivity contribution in [3.63, 3.8) is 0 Å². The van der Waals surface area contributed by atoms with Gasteiger partial charge >= 0.3 is 0 Å². The van der Waals surface area contributed by atoms with Crippen LogP contribution in [0.1, 0.15) is 5.56 Å². The van der Waals surface area contributed by atoms with Crippen LogP contribution in [0.2, 0.25) is 0 Å². The number of pyridine rings is 1. The second-order valence-corrected chi connectivity index (χ2v) is 5.29. The van der Waals surface area contributed by atoms with E-state index in [1.54, 1.807) is 0 Å². The maximum Gasteiger partial charge on any atom is 0.0722 e. The lowest BCUT2D eigenvalue weighted by Crippen LogP contribution is -2.08. The second-order valence-electron chi connectivity index (χ2n) is 5.29. The zero-order chi connectivity index (χ0) is 14.7. The highest BCUT2D eigenvalue weighted by Crippen LogP contribution is 2.22. The Morgan fingerprint density at radius 1 is 0.952 bits per heavy atom. The van der Waals surface area contributed by atoms with E-state index in [9.17, 15) is 0 Å². The van der Waals surface area contributed by atoms with E-state index in [0.717, 1.165) is 23.1 Å². The summed E-state index contributed by atoms with van der Waals surface area (Å²) in [4.78, 5) is 6.49. The van der Waals surface area contributed by atoms with Crippen LogP contribution in [0.4, 0.5) is 11.4 Å². The smallest absolute Gasteiger partial charge is 0.0722 e.